The predicted octanol–water partition coefficient (Wildman–Crippen LogP) is 1.23. The predicted molar refractivity (Wildman–Crippen MR) is 48.3 cm³/mol. The van der Waals surface area contributed by atoms with Crippen molar-refractivity contribution in [2.45, 2.75) is 32.2 Å². The number of isocyanates is 1. The highest BCUT2D eigenvalue weighted by Crippen LogP contribution is 1.97. The molecule has 0 fully saturated rings. The number of carbonyl (C=O) groups excluding carboxylic acids is 1. The number of rotatable bonds is 5. The van der Waals surface area contributed by atoms with Gasteiger partial charge in [-0.1, -0.05) is 26.2 Å². The van der Waals surface area contributed by atoms with Gasteiger partial charge in [0.2, 0.25) is 6.08 Å². The molecule has 0 aliphatic rings. The molecule has 3 nitrogen and oxygen atoms in total. The molecule has 0 radical (unpaired) electrons. The number of unbranched alkanes of at least 4 members (excludes halogenated alkanes) is 2. The van der Waals surface area contributed by atoms with Gasteiger partial charge in [0.15, 0.2) is 9.76 Å². The second kappa shape index (κ2) is 16.3. The fraction of sp³-hybridized carbons (Fsp3) is 0.857. The first kappa shape index (κ1) is 13.2. The molecule has 0 aromatic rings. The van der Waals surface area contributed by atoms with E-state index in [4.69, 9.17) is 14.6 Å². The fourth-order valence-corrected chi connectivity index (χ4v) is 1.52. The molecule has 0 atom stereocenters. The molecule has 1 N–H and O–H groups in total. The van der Waals surface area contributed by atoms with Gasteiger partial charge in [0.05, 0.1) is 0 Å². The van der Waals surface area contributed by atoms with Gasteiger partial charge in [-0.2, -0.15) is 0 Å². The molecule has 0 spiro atoms. The quantitative estimate of drug-likeness (QED) is 0.296. The minimum Gasteiger partial charge on any atom is -0.427 e. The van der Waals surface area contributed by atoms with Crippen LogP contribution in [0.3, 0.4) is 0 Å². The Morgan fingerprint density at radius 2 is 2.09 bits per heavy atom. The van der Waals surface area contributed by atoms with E-state index < -0.39 is 0 Å². The van der Waals surface area contributed by atoms with E-state index in [0.717, 1.165) is 6.08 Å². The van der Waals surface area contributed by atoms with Crippen molar-refractivity contribution in [1.82, 2.24) is 0 Å². The van der Waals surface area contributed by atoms with E-state index in [1.807, 2.05) is 7.11 Å². The van der Waals surface area contributed by atoms with Crippen LogP contribution in [0.5, 0.6) is 0 Å². The Kier molecular flexibility index (Phi) is 19.5. The van der Waals surface area contributed by atoms with Crippen LogP contribution in [-0.4, -0.2) is 23.0 Å². The molecule has 0 bridgehead atoms. The van der Waals surface area contributed by atoms with Crippen LogP contribution in [0, 0.1) is 5.41 Å². The highest BCUT2D eigenvalue weighted by Gasteiger charge is 1.84. The number of hydrogen-bond acceptors (Lipinski definition) is 3. The Labute approximate surface area is 70.6 Å². The summed E-state index contributed by atoms with van der Waals surface area (Å²) in [6.45, 7) is 2.23. The van der Waals surface area contributed by atoms with Gasteiger partial charge >= 0.3 is 0 Å². The lowest BCUT2D eigenvalue weighted by Gasteiger charge is -1.94. The second-order valence-corrected chi connectivity index (χ2v) is 3.85. The zero-order valence-corrected chi connectivity index (χ0v) is 8.77. The van der Waals surface area contributed by atoms with Crippen LogP contribution >= 0.6 is 0 Å². The SMILES string of the molecule is CCCCC[SiH2]OC.N=C=O. The van der Waals surface area contributed by atoms with Crippen molar-refractivity contribution >= 4 is 15.8 Å². The Balaban J connectivity index is 0. The summed E-state index contributed by atoms with van der Waals surface area (Å²) < 4.78 is 5.03. The minimum atomic E-state index is -0.0986. The molecule has 66 valence electrons. The first-order valence-corrected chi connectivity index (χ1v) is 5.44. The Bertz CT molecular complexity index is 86.4. The molecule has 0 aliphatic carbocycles. The van der Waals surface area contributed by atoms with E-state index in [2.05, 4.69) is 6.92 Å². The monoisotopic (exact) mass is 175 g/mol. The lowest BCUT2D eigenvalue weighted by atomic mass is 10.3. The highest BCUT2D eigenvalue weighted by molar-refractivity contribution is 6.26. The van der Waals surface area contributed by atoms with Crippen LogP contribution in [0.4, 0.5) is 0 Å². The van der Waals surface area contributed by atoms with E-state index >= 15 is 0 Å². The number of nitrogens with one attached hydrogen (secondary N) is 1. The average Bonchev–Trinajstić information content (AvgIpc) is 2.00. The summed E-state index contributed by atoms with van der Waals surface area (Å²) in [5, 5.41) is 5.40. The normalized spacial score (nSPS) is 8.91. The summed E-state index contributed by atoms with van der Waals surface area (Å²) in [4.78, 5) is 8.35. The summed E-state index contributed by atoms with van der Waals surface area (Å²) >= 11 is 0. The molecular formula is C7H17NO2Si. The van der Waals surface area contributed by atoms with Gasteiger partial charge in [0.25, 0.3) is 0 Å². The molecular weight excluding hydrogens is 158 g/mol. The third-order valence-electron chi connectivity index (χ3n) is 1.20. The van der Waals surface area contributed by atoms with Crippen molar-refractivity contribution in [3.8, 4) is 0 Å². The zero-order valence-electron chi connectivity index (χ0n) is 7.35. The van der Waals surface area contributed by atoms with Gasteiger partial charge in [-0.05, 0) is 6.04 Å². The van der Waals surface area contributed by atoms with Gasteiger partial charge in [-0.15, -0.1) is 0 Å². The van der Waals surface area contributed by atoms with E-state index in [1.54, 1.807) is 0 Å². The van der Waals surface area contributed by atoms with Crippen molar-refractivity contribution in [1.29, 1.82) is 5.41 Å². The maximum Gasteiger partial charge on any atom is 0.231 e. The summed E-state index contributed by atoms with van der Waals surface area (Å²) in [6, 6.07) is 1.37. The van der Waals surface area contributed by atoms with Crippen molar-refractivity contribution < 1.29 is 9.22 Å². The highest BCUT2D eigenvalue weighted by atomic mass is 28.2. The molecule has 0 saturated carbocycles. The summed E-state index contributed by atoms with van der Waals surface area (Å²) in [7, 11) is 1.72. The molecule has 0 aromatic heterocycles. The molecule has 0 amide bonds. The van der Waals surface area contributed by atoms with Gasteiger partial charge in [0, 0.05) is 7.11 Å². The minimum absolute atomic E-state index is 0.0986. The molecule has 0 heterocycles. The largest absolute Gasteiger partial charge is 0.427 e. The molecule has 0 saturated heterocycles. The standard InChI is InChI=1S/C6H16OSi.CHNO/c1-3-4-5-6-8-7-2;2-1-3/h3-6,8H2,1-2H3;2H. The van der Waals surface area contributed by atoms with Crippen molar-refractivity contribution in [3.63, 3.8) is 0 Å². The molecule has 0 aromatic carbocycles. The maximum atomic E-state index is 8.35. The van der Waals surface area contributed by atoms with Crippen molar-refractivity contribution in [3.05, 3.63) is 0 Å². The van der Waals surface area contributed by atoms with E-state index in [0.29, 0.717) is 0 Å². The van der Waals surface area contributed by atoms with Crippen LogP contribution in [0.1, 0.15) is 26.2 Å². The Hall–Kier alpha value is -0.443. The second-order valence-electron chi connectivity index (χ2n) is 2.16. The molecule has 0 unspecified atom stereocenters. The molecule has 0 aliphatic heterocycles. The average molecular weight is 175 g/mol. The smallest absolute Gasteiger partial charge is 0.231 e. The third-order valence-corrected chi connectivity index (χ3v) is 2.40. The zero-order chi connectivity index (χ0) is 8.95. The Morgan fingerprint density at radius 3 is 2.45 bits per heavy atom. The van der Waals surface area contributed by atoms with E-state index in [1.165, 1.54) is 25.3 Å². The fourth-order valence-electron chi connectivity index (χ4n) is 0.673. The molecule has 0 rings (SSSR count). The summed E-state index contributed by atoms with van der Waals surface area (Å²) in [5.41, 5.74) is 0. The lowest BCUT2D eigenvalue weighted by molar-refractivity contribution is 0.439. The van der Waals surface area contributed by atoms with Gasteiger partial charge in [0.1, 0.15) is 0 Å². The first-order chi connectivity index (χ1) is 5.33. The summed E-state index contributed by atoms with van der Waals surface area (Å²) in [5.74, 6) is 0. The van der Waals surface area contributed by atoms with Crippen molar-refractivity contribution in [2.24, 2.45) is 0 Å². The third kappa shape index (κ3) is 26.3. The Morgan fingerprint density at radius 1 is 1.55 bits per heavy atom. The number of hydrogen-bond donors (Lipinski definition) is 1. The van der Waals surface area contributed by atoms with Gasteiger partial charge < -0.3 is 4.43 Å². The van der Waals surface area contributed by atoms with Crippen LogP contribution < -0.4 is 0 Å². The molecule has 11 heavy (non-hydrogen) atoms. The van der Waals surface area contributed by atoms with E-state index in [-0.39, 0.29) is 9.76 Å². The van der Waals surface area contributed by atoms with Gasteiger partial charge in [-0.25, -0.2) is 10.2 Å². The van der Waals surface area contributed by atoms with Crippen LogP contribution in [0.15, 0.2) is 0 Å². The van der Waals surface area contributed by atoms with Crippen LogP contribution in [0.25, 0.3) is 0 Å². The topological polar surface area (TPSA) is 50.1 Å². The van der Waals surface area contributed by atoms with Crippen LogP contribution in [-0.2, 0) is 9.22 Å². The summed E-state index contributed by atoms with van der Waals surface area (Å²) in [6.07, 6.45) is 4.85. The molecule has 4 heteroatoms. The van der Waals surface area contributed by atoms with Crippen molar-refractivity contribution in [2.75, 3.05) is 7.11 Å². The maximum absolute atomic E-state index is 8.35. The van der Waals surface area contributed by atoms with Crippen LogP contribution in [0.2, 0.25) is 6.04 Å². The lowest BCUT2D eigenvalue weighted by Crippen LogP contribution is -1.91. The van der Waals surface area contributed by atoms with Gasteiger partial charge in [-0.3, -0.25) is 0 Å². The van der Waals surface area contributed by atoms with E-state index in [9.17, 15) is 0 Å². The first-order valence-electron chi connectivity index (χ1n) is 3.86.